The highest BCUT2D eigenvalue weighted by molar-refractivity contribution is 5.48. The fourth-order valence-corrected chi connectivity index (χ4v) is 2.14. The highest BCUT2D eigenvalue weighted by atomic mass is 16.5. The summed E-state index contributed by atoms with van der Waals surface area (Å²) in [5, 5.41) is 0. The zero-order valence-electron chi connectivity index (χ0n) is 12.3. The highest BCUT2D eigenvalue weighted by Crippen LogP contribution is 2.29. The maximum Gasteiger partial charge on any atom is 0.122 e. The Morgan fingerprint density at radius 2 is 1.94 bits per heavy atom. The van der Waals surface area contributed by atoms with Gasteiger partial charge in [-0.15, -0.1) is 12.3 Å². The van der Waals surface area contributed by atoms with Crippen molar-refractivity contribution >= 4 is 0 Å². The van der Waals surface area contributed by atoms with Crippen molar-refractivity contribution < 1.29 is 4.74 Å². The lowest BCUT2D eigenvalue weighted by Crippen LogP contribution is -2.05. The summed E-state index contributed by atoms with van der Waals surface area (Å²) in [6, 6.07) is 2.15. The second kappa shape index (κ2) is 6.50. The molecule has 1 rings (SSSR count). The molecule has 0 spiro atoms. The van der Waals surface area contributed by atoms with E-state index in [4.69, 9.17) is 11.2 Å². The van der Waals surface area contributed by atoms with Crippen LogP contribution in [0.5, 0.6) is 5.75 Å². The first kappa shape index (κ1) is 14.6. The molecule has 0 fully saturated rings. The average molecular weight is 244 g/mol. The molecule has 0 heterocycles. The van der Waals surface area contributed by atoms with Crippen LogP contribution in [-0.4, -0.2) is 6.61 Å². The maximum absolute atomic E-state index is 5.79. The summed E-state index contributed by atoms with van der Waals surface area (Å²) in [5.74, 6) is 4.10. The summed E-state index contributed by atoms with van der Waals surface area (Å²) >= 11 is 0. The molecule has 1 nitrogen and oxygen atoms in total. The third kappa shape index (κ3) is 3.29. The van der Waals surface area contributed by atoms with Crippen molar-refractivity contribution in [2.24, 2.45) is 5.92 Å². The van der Waals surface area contributed by atoms with Gasteiger partial charge < -0.3 is 4.74 Å². The van der Waals surface area contributed by atoms with Crippen LogP contribution in [0.25, 0.3) is 0 Å². The standard InChI is InChI=1S/C17H24O/c1-7-9-18-17-11-13(4)16(10-12(3)8-2)14(5)15(17)6/h2,11-12H,7,9-10H2,1,3-6H3. The summed E-state index contributed by atoms with van der Waals surface area (Å²) in [5.41, 5.74) is 5.23. The number of rotatable bonds is 5. The van der Waals surface area contributed by atoms with Gasteiger partial charge in [-0.25, -0.2) is 0 Å². The van der Waals surface area contributed by atoms with E-state index >= 15 is 0 Å². The van der Waals surface area contributed by atoms with Crippen LogP contribution in [0.1, 0.15) is 42.5 Å². The largest absolute Gasteiger partial charge is 0.493 e. The van der Waals surface area contributed by atoms with Crippen LogP contribution in [0.2, 0.25) is 0 Å². The molecule has 98 valence electrons. The number of ether oxygens (including phenoxy) is 1. The Balaban J connectivity index is 3.09. The molecule has 0 aromatic heterocycles. The molecule has 0 N–H and O–H groups in total. The maximum atomic E-state index is 5.79. The lowest BCUT2D eigenvalue weighted by atomic mass is 9.91. The van der Waals surface area contributed by atoms with E-state index in [2.05, 4.69) is 46.6 Å². The Labute approximate surface area is 112 Å². The molecule has 1 unspecified atom stereocenters. The first-order valence-electron chi connectivity index (χ1n) is 6.69. The Morgan fingerprint density at radius 3 is 2.50 bits per heavy atom. The Bertz CT molecular complexity index is 452. The van der Waals surface area contributed by atoms with Crippen molar-refractivity contribution in [1.29, 1.82) is 0 Å². The van der Waals surface area contributed by atoms with Crippen LogP contribution in [-0.2, 0) is 6.42 Å². The van der Waals surface area contributed by atoms with Crippen molar-refractivity contribution in [2.45, 2.75) is 47.5 Å². The van der Waals surface area contributed by atoms with Crippen LogP contribution in [0.3, 0.4) is 0 Å². The minimum atomic E-state index is 0.282. The predicted octanol–water partition coefficient (Wildman–Crippen LogP) is 4.21. The lowest BCUT2D eigenvalue weighted by Gasteiger charge is -2.18. The van der Waals surface area contributed by atoms with Crippen molar-refractivity contribution in [2.75, 3.05) is 6.61 Å². The summed E-state index contributed by atoms with van der Waals surface area (Å²) in [4.78, 5) is 0. The molecular formula is C17H24O. The van der Waals surface area contributed by atoms with Crippen molar-refractivity contribution in [3.63, 3.8) is 0 Å². The van der Waals surface area contributed by atoms with Gasteiger partial charge in [-0.05, 0) is 61.9 Å². The van der Waals surface area contributed by atoms with Crippen LogP contribution in [0.4, 0.5) is 0 Å². The lowest BCUT2D eigenvalue weighted by molar-refractivity contribution is 0.314. The first-order chi connectivity index (χ1) is 8.51. The van der Waals surface area contributed by atoms with E-state index < -0.39 is 0 Å². The van der Waals surface area contributed by atoms with E-state index in [0.717, 1.165) is 25.2 Å². The zero-order chi connectivity index (χ0) is 13.7. The molecule has 0 radical (unpaired) electrons. The topological polar surface area (TPSA) is 9.23 Å². The fourth-order valence-electron chi connectivity index (χ4n) is 2.14. The first-order valence-corrected chi connectivity index (χ1v) is 6.69. The predicted molar refractivity (Wildman–Crippen MR) is 78.1 cm³/mol. The normalized spacial score (nSPS) is 12.0. The Hall–Kier alpha value is -1.42. The molecule has 1 aromatic rings. The molecule has 1 atom stereocenters. The Kier molecular flexibility index (Phi) is 5.28. The second-order valence-corrected chi connectivity index (χ2v) is 5.04. The number of aryl methyl sites for hydroxylation is 1. The van der Waals surface area contributed by atoms with Crippen LogP contribution >= 0.6 is 0 Å². The quantitative estimate of drug-likeness (QED) is 0.705. The van der Waals surface area contributed by atoms with Crippen molar-refractivity contribution in [3.05, 3.63) is 28.3 Å². The molecule has 1 heteroatoms. The van der Waals surface area contributed by atoms with Gasteiger partial charge in [0.1, 0.15) is 5.75 Å². The minimum Gasteiger partial charge on any atom is -0.493 e. The molecule has 0 aliphatic rings. The third-order valence-electron chi connectivity index (χ3n) is 3.46. The highest BCUT2D eigenvalue weighted by Gasteiger charge is 2.12. The Morgan fingerprint density at radius 1 is 1.28 bits per heavy atom. The smallest absolute Gasteiger partial charge is 0.122 e. The zero-order valence-corrected chi connectivity index (χ0v) is 12.3. The molecule has 1 aromatic carbocycles. The molecule has 0 saturated carbocycles. The van der Waals surface area contributed by atoms with Gasteiger partial charge in [0.2, 0.25) is 0 Å². The second-order valence-electron chi connectivity index (χ2n) is 5.04. The van der Waals surface area contributed by atoms with E-state index in [1.54, 1.807) is 0 Å². The van der Waals surface area contributed by atoms with Gasteiger partial charge in [-0.2, -0.15) is 0 Å². The van der Waals surface area contributed by atoms with Gasteiger partial charge in [0.05, 0.1) is 6.61 Å². The van der Waals surface area contributed by atoms with Crippen molar-refractivity contribution in [1.82, 2.24) is 0 Å². The van der Waals surface area contributed by atoms with Gasteiger partial charge >= 0.3 is 0 Å². The molecule has 0 aliphatic heterocycles. The van der Waals surface area contributed by atoms with E-state index in [1.165, 1.54) is 22.3 Å². The van der Waals surface area contributed by atoms with Crippen LogP contribution < -0.4 is 4.74 Å². The van der Waals surface area contributed by atoms with E-state index in [-0.39, 0.29) is 5.92 Å². The van der Waals surface area contributed by atoms with Gasteiger partial charge in [-0.3, -0.25) is 0 Å². The number of benzene rings is 1. The third-order valence-corrected chi connectivity index (χ3v) is 3.46. The monoisotopic (exact) mass is 244 g/mol. The summed E-state index contributed by atoms with van der Waals surface area (Å²) < 4.78 is 5.79. The van der Waals surface area contributed by atoms with Crippen LogP contribution in [0, 0.1) is 39.0 Å². The molecule has 18 heavy (non-hydrogen) atoms. The van der Waals surface area contributed by atoms with Gasteiger partial charge in [0.15, 0.2) is 0 Å². The van der Waals surface area contributed by atoms with Gasteiger partial charge in [0, 0.05) is 5.92 Å². The van der Waals surface area contributed by atoms with E-state index in [0.29, 0.717) is 0 Å². The fraction of sp³-hybridized carbons (Fsp3) is 0.529. The minimum absolute atomic E-state index is 0.282. The van der Waals surface area contributed by atoms with Gasteiger partial charge in [-0.1, -0.05) is 13.8 Å². The molecular weight excluding hydrogens is 220 g/mol. The molecule has 0 aliphatic carbocycles. The summed E-state index contributed by atoms with van der Waals surface area (Å²) in [7, 11) is 0. The molecule has 0 saturated heterocycles. The van der Waals surface area contributed by atoms with Crippen molar-refractivity contribution in [3.8, 4) is 18.1 Å². The van der Waals surface area contributed by atoms with Gasteiger partial charge in [0.25, 0.3) is 0 Å². The summed E-state index contributed by atoms with van der Waals surface area (Å²) in [6.07, 6.45) is 7.46. The SMILES string of the molecule is C#CC(C)Cc1c(C)cc(OCCC)c(C)c1C. The number of hydrogen-bond acceptors (Lipinski definition) is 1. The number of terminal acetylenes is 1. The van der Waals surface area contributed by atoms with E-state index in [9.17, 15) is 0 Å². The molecule has 0 amide bonds. The van der Waals surface area contributed by atoms with Crippen LogP contribution in [0.15, 0.2) is 6.07 Å². The average Bonchev–Trinajstić information content (AvgIpc) is 2.36. The summed E-state index contributed by atoms with van der Waals surface area (Å²) in [6.45, 7) is 11.4. The number of hydrogen-bond donors (Lipinski definition) is 0. The molecule has 0 bridgehead atoms. The van der Waals surface area contributed by atoms with E-state index in [1.807, 2.05) is 0 Å².